The maximum Gasteiger partial charge on any atom is 0.0922 e. The first-order valence-corrected chi connectivity index (χ1v) is 4.62. The molecule has 1 aliphatic rings. The van der Waals surface area contributed by atoms with Gasteiger partial charge in [-0.3, -0.25) is 4.39 Å². The average molecular weight is 159 g/mol. The van der Waals surface area contributed by atoms with E-state index in [9.17, 15) is 4.39 Å². The fraction of sp³-hybridized carbons (Fsp3) is 1.00. The lowest BCUT2D eigenvalue weighted by molar-refractivity contribution is 0.217. The van der Waals surface area contributed by atoms with Crippen LogP contribution in [0.15, 0.2) is 0 Å². The highest BCUT2D eigenvalue weighted by atomic mass is 19.1. The van der Waals surface area contributed by atoms with Crippen molar-refractivity contribution in [1.29, 1.82) is 0 Å². The summed E-state index contributed by atoms with van der Waals surface area (Å²) in [5.41, 5.74) is 5.45. The number of nitrogens with two attached hydrogens (primary N) is 1. The molecule has 1 nitrogen and oxygen atoms in total. The molecule has 0 spiro atoms. The van der Waals surface area contributed by atoms with Crippen LogP contribution in [0.3, 0.4) is 0 Å². The van der Waals surface area contributed by atoms with Crippen LogP contribution >= 0.6 is 0 Å². The van der Waals surface area contributed by atoms with Gasteiger partial charge in [-0.25, -0.2) is 0 Å². The summed E-state index contributed by atoms with van der Waals surface area (Å²) in [5.74, 6) is 1.06. The largest absolute Gasteiger partial charge is 0.330 e. The highest BCUT2D eigenvalue weighted by Gasteiger charge is 2.20. The van der Waals surface area contributed by atoms with Gasteiger partial charge in [0.2, 0.25) is 0 Å². The third-order valence-electron chi connectivity index (χ3n) is 2.68. The average Bonchev–Trinajstić information content (AvgIpc) is 2.06. The Labute approximate surface area is 68.2 Å². The van der Waals surface area contributed by atoms with E-state index in [0.717, 1.165) is 31.7 Å². The van der Waals surface area contributed by atoms with E-state index in [1.165, 1.54) is 12.8 Å². The summed E-state index contributed by atoms with van der Waals surface area (Å²) >= 11 is 0. The van der Waals surface area contributed by atoms with Crippen molar-refractivity contribution in [2.75, 3.05) is 13.2 Å². The molecular formula is C9H18FN. The molecule has 1 rings (SSSR count). The van der Waals surface area contributed by atoms with Crippen molar-refractivity contribution in [2.45, 2.75) is 32.1 Å². The Kier molecular flexibility index (Phi) is 3.84. The van der Waals surface area contributed by atoms with Gasteiger partial charge in [-0.2, -0.15) is 0 Å². The summed E-state index contributed by atoms with van der Waals surface area (Å²) in [4.78, 5) is 0. The molecule has 0 saturated heterocycles. The molecule has 2 atom stereocenters. The molecule has 0 aromatic heterocycles. The zero-order chi connectivity index (χ0) is 8.10. The van der Waals surface area contributed by atoms with Gasteiger partial charge in [-0.15, -0.1) is 0 Å². The molecule has 11 heavy (non-hydrogen) atoms. The second-order valence-electron chi connectivity index (χ2n) is 3.63. The molecule has 0 aliphatic heterocycles. The smallest absolute Gasteiger partial charge is 0.0922 e. The van der Waals surface area contributed by atoms with Gasteiger partial charge in [0.15, 0.2) is 0 Å². The van der Waals surface area contributed by atoms with Gasteiger partial charge in [0.05, 0.1) is 6.67 Å². The molecule has 0 aromatic rings. The van der Waals surface area contributed by atoms with Crippen molar-refractivity contribution in [3.8, 4) is 0 Å². The Bertz CT molecular complexity index is 104. The number of halogens is 1. The highest BCUT2D eigenvalue weighted by molar-refractivity contribution is 4.72. The normalized spacial score (nSPS) is 32.2. The molecule has 2 heteroatoms. The van der Waals surface area contributed by atoms with Gasteiger partial charge in [0, 0.05) is 0 Å². The molecule has 1 fully saturated rings. The summed E-state index contributed by atoms with van der Waals surface area (Å²) < 4.78 is 12.3. The van der Waals surface area contributed by atoms with Crippen molar-refractivity contribution in [1.82, 2.24) is 0 Å². The summed E-state index contributed by atoms with van der Waals surface area (Å²) in [6.45, 7) is 0.644. The van der Waals surface area contributed by atoms with Crippen LogP contribution in [-0.4, -0.2) is 13.2 Å². The fourth-order valence-electron chi connectivity index (χ4n) is 2.04. The quantitative estimate of drug-likeness (QED) is 0.670. The van der Waals surface area contributed by atoms with Crippen molar-refractivity contribution >= 4 is 0 Å². The molecule has 0 amide bonds. The first-order valence-electron chi connectivity index (χ1n) is 4.62. The van der Waals surface area contributed by atoms with Crippen molar-refractivity contribution in [3.63, 3.8) is 0 Å². The molecule has 1 aliphatic carbocycles. The van der Waals surface area contributed by atoms with Crippen LogP contribution in [0.2, 0.25) is 0 Å². The predicted molar refractivity (Wildman–Crippen MR) is 45.1 cm³/mol. The molecule has 2 N–H and O–H groups in total. The van der Waals surface area contributed by atoms with E-state index in [1.807, 2.05) is 0 Å². The minimum Gasteiger partial charge on any atom is -0.330 e. The zero-order valence-electron chi connectivity index (χ0n) is 7.06. The summed E-state index contributed by atoms with van der Waals surface area (Å²) in [5, 5.41) is 0. The van der Waals surface area contributed by atoms with E-state index < -0.39 is 0 Å². The first kappa shape index (κ1) is 8.98. The van der Waals surface area contributed by atoms with E-state index in [1.54, 1.807) is 0 Å². The number of alkyl halides is 1. The van der Waals surface area contributed by atoms with Gasteiger partial charge >= 0.3 is 0 Å². The van der Waals surface area contributed by atoms with Gasteiger partial charge in [0.1, 0.15) is 0 Å². The predicted octanol–water partition coefficient (Wildman–Crippen LogP) is 2.11. The Morgan fingerprint density at radius 2 is 2.00 bits per heavy atom. The fourth-order valence-corrected chi connectivity index (χ4v) is 2.04. The van der Waals surface area contributed by atoms with E-state index in [0.29, 0.717) is 5.92 Å². The Morgan fingerprint density at radius 1 is 1.27 bits per heavy atom. The molecule has 66 valence electrons. The van der Waals surface area contributed by atoms with Gasteiger partial charge < -0.3 is 5.73 Å². The molecule has 1 saturated carbocycles. The third kappa shape index (κ3) is 2.78. The molecule has 0 aromatic carbocycles. The minimum absolute atomic E-state index is 0.124. The minimum atomic E-state index is -0.124. The van der Waals surface area contributed by atoms with Crippen LogP contribution < -0.4 is 5.73 Å². The molecule has 0 radical (unpaired) electrons. The zero-order valence-corrected chi connectivity index (χ0v) is 7.06. The van der Waals surface area contributed by atoms with Gasteiger partial charge in [-0.05, 0) is 37.6 Å². The van der Waals surface area contributed by atoms with Crippen molar-refractivity contribution in [3.05, 3.63) is 0 Å². The number of hydrogen-bond donors (Lipinski definition) is 1. The SMILES string of the molecule is NCCC1CCCC(CF)C1. The monoisotopic (exact) mass is 159 g/mol. The van der Waals surface area contributed by atoms with Crippen LogP contribution in [0.1, 0.15) is 32.1 Å². The lowest BCUT2D eigenvalue weighted by Gasteiger charge is -2.26. The van der Waals surface area contributed by atoms with E-state index in [2.05, 4.69) is 0 Å². The lowest BCUT2D eigenvalue weighted by atomic mass is 9.80. The van der Waals surface area contributed by atoms with Crippen LogP contribution in [0.4, 0.5) is 4.39 Å². The maximum atomic E-state index is 12.3. The summed E-state index contributed by atoms with van der Waals surface area (Å²) in [6, 6.07) is 0. The molecular weight excluding hydrogens is 141 g/mol. The van der Waals surface area contributed by atoms with Crippen LogP contribution in [0.5, 0.6) is 0 Å². The van der Waals surface area contributed by atoms with Crippen LogP contribution in [0, 0.1) is 11.8 Å². The Morgan fingerprint density at radius 3 is 2.64 bits per heavy atom. The van der Waals surface area contributed by atoms with Crippen LogP contribution in [0.25, 0.3) is 0 Å². The summed E-state index contributed by atoms with van der Waals surface area (Å²) in [7, 11) is 0. The number of rotatable bonds is 3. The van der Waals surface area contributed by atoms with E-state index >= 15 is 0 Å². The standard InChI is InChI=1S/C9H18FN/c10-7-9-3-1-2-8(6-9)4-5-11/h8-9H,1-7,11H2. The first-order chi connectivity index (χ1) is 5.36. The summed E-state index contributed by atoms with van der Waals surface area (Å²) in [6.07, 6.45) is 5.74. The second kappa shape index (κ2) is 4.70. The van der Waals surface area contributed by atoms with E-state index in [4.69, 9.17) is 5.73 Å². The lowest BCUT2D eigenvalue weighted by Crippen LogP contribution is -2.19. The maximum absolute atomic E-state index is 12.3. The second-order valence-corrected chi connectivity index (χ2v) is 3.63. The Hall–Kier alpha value is -0.110. The number of hydrogen-bond acceptors (Lipinski definition) is 1. The third-order valence-corrected chi connectivity index (χ3v) is 2.68. The highest BCUT2D eigenvalue weighted by Crippen LogP contribution is 2.30. The topological polar surface area (TPSA) is 26.0 Å². The van der Waals surface area contributed by atoms with Crippen LogP contribution in [-0.2, 0) is 0 Å². The van der Waals surface area contributed by atoms with Gasteiger partial charge in [-0.1, -0.05) is 12.8 Å². The molecule has 2 unspecified atom stereocenters. The molecule has 0 bridgehead atoms. The van der Waals surface area contributed by atoms with E-state index in [-0.39, 0.29) is 6.67 Å². The van der Waals surface area contributed by atoms with Crippen molar-refractivity contribution < 1.29 is 4.39 Å². The Balaban J connectivity index is 2.21. The van der Waals surface area contributed by atoms with Crippen molar-refractivity contribution in [2.24, 2.45) is 17.6 Å². The molecule has 0 heterocycles. The van der Waals surface area contributed by atoms with Gasteiger partial charge in [0.25, 0.3) is 0 Å².